The number of ether oxygens (including phenoxy) is 1. The van der Waals surface area contributed by atoms with Crippen molar-refractivity contribution in [3.05, 3.63) is 58.5 Å². The summed E-state index contributed by atoms with van der Waals surface area (Å²) in [4.78, 5) is 14.0. The van der Waals surface area contributed by atoms with E-state index in [4.69, 9.17) is 16.7 Å². The van der Waals surface area contributed by atoms with E-state index in [9.17, 15) is 27.5 Å². The first-order valence-corrected chi connectivity index (χ1v) is 7.46. The zero-order valence-electron chi connectivity index (χ0n) is 13.1. The number of hydrogen-bond donors (Lipinski definition) is 2. The summed E-state index contributed by atoms with van der Waals surface area (Å²) in [7, 11) is 0. The first-order chi connectivity index (χ1) is 12.0. The molecule has 0 aliphatic rings. The molecule has 0 saturated carbocycles. The molecule has 5 nitrogen and oxygen atoms in total. The maximum Gasteiger partial charge on any atom is 0.512 e. The molecular weight excluding hydrogens is 382 g/mol. The van der Waals surface area contributed by atoms with Crippen LogP contribution in [-0.2, 0) is 5.60 Å². The highest BCUT2D eigenvalue weighted by atomic mass is 35.5. The van der Waals surface area contributed by atoms with Crippen molar-refractivity contribution in [1.82, 2.24) is 4.98 Å². The van der Waals surface area contributed by atoms with Gasteiger partial charge in [-0.25, -0.2) is 14.2 Å². The van der Waals surface area contributed by atoms with Crippen molar-refractivity contribution in [2.45, 2.75) is 24.6 Å². The van der Waals surface area contributed by atoms with Crippen LogP contribution < -0.4 is 4.74 Å². The second-order valence-corrected chi connectivity index (χ2v) is 5.81. The summed E-state index contributed by atoms with van der Waals surface area (Å²) < 4.78 is 58.8. The minimum Gasteiger partial charge on any atom is -0.449 e. The van der Waals surface area contributed by atoms with Gasteiger partial charge in [0.05, 0.1) is 0 Å². The third-order valence-electron chi connectivity index (χ3n) is 3.85. The Balaban J connectivity index is 2.60. The van der Waals surface area contributed by atoms with E-state index in [0.717, 1.165) is 37.4 Å². The molecule has 0 bridgehead atoms. The maximum atomic E-state index is 13.8. The van der Waals surface area contributed by atoms with E-state index >= 15 is 0 Å². The Morgan fingerprint density at radius 2 is 1.92 bits per heavy atom. The van der Waals surface area contributed by atoms with Crippen LogP contribution in [0.2, 0.25) is 5.02 Å². The van der Waals surface area contributed by atoms with Gasteiger partial charge in [-0.3, -0.25) is 0 Å². The number of benzene rings is 1. The van der Waals surface area contributed by atoms with Crippen molar-refractivity contribution in [3.63, 3.8) is 0 Å². The zero-order chi connectivity index (χ0) is 19.7. The Labute approximate surface area is 149 Å². The van der Waals surface area contributed by atoms with Crippen LogP contribution in [0.4, 0.5) is 22.4 Å². The largest absolute Gasteiger partial charge is 0.512 e. The predicted molar refractivity (Wildman–Crippen MR) is 82.7 cm³/mol. The van der Waals surface area contributed by atoms with Gasteiger partial charge in [0.15, 0.2) is 5.60 Å². The van der Waals surface area contributed by atoms with E-state index in [1.54, 1.807) is 0 Å². The Morgan fingerprint density at radius 3 is 2.46 bits per heavy atom. The molecule has 0 spiro atoms. The van der Waals surface area contributed by atoms with Gasteiger partial charge >= 0.3 is 12.3 Å². The number of rotatable bonds is 4. The number of hydrogen-bond acceptors (Lipinski definition) is 4. The van der Waals surface area contributed by atoms with Crippen molar-refractivity contribution < 1.29 is 37.3 Å². The van der Waals surface area contributed by atoms with E-state index in [2.05, 4.69) is 9.72 Å². The Morgan fingerprint density at radius 1 is 1.27 bits per heavy atom. The van der Waals surface area contributed by atoms with E-state index in [1.807, 2.05) is 0 Å². The molecule has 1 heterocycles. The van der Waals surface area contributed by atoms with Crippen LogP contribution in [0.15, 0.2) is 36.5 Å². The molecule has 1 aromatic carbocycles. The average Bonchev–Trinajstić information content (AvgIpc) is 2.52. The van der Waals surface area contributed by atoms with E-state index in [1.165, 1.54) is 0 Å². The molecule has 140 valence electrons. The fraction of sp³-hybridized carbons (Fsp3) is 0.250. The number of pyridine rings is 1. The number of aliphatic hydroxyl groups is 1. The molecule has 0 amide bonds. The summed E-state index contributed by atoms with van der Waals surface area (Å²) in [6.07, 6.45) is -6.09. The molecular formula is C16H12ClF4NO4. The molecule has 2 unspecified atom stereocenters. The summed E-state index contributed by atoms with van der Waals surface area (Å²) in [6, 6.07) is 4.32. The highest BCUT2D eigenvalue weighted by Crippen LogP contribution is 2.50. The number of aromatic nitrogens is 1. The zero-order valence-corrected chi connectivity index (χ0v) is 13.8. The van der Waals surface area contributed by atoms with Gasteiger partial charge in [0.25, 0.3) is 0 Å². The lowest BCUT2D eigenvalue weighted by atomic mass is 9.78. The third kappa shape index (κ3) is 3.73. The second-order valence-electron chi connectivity index (χ2n) is 5.40. The topological polar surface area (TPSA) is 79.7 Å². The van der Waals surface area contributed by atoms with Crippen LogP contribution in [0.25, 0.3) is 0 Å². The summed E-state index contributed by atoms with van der Waals surface area (Å²) in [5.74, 6) is -3.05. The summed E-state index contributed by atoms with van der Waals surface area (Å²) >= 11 is 5.83. The standard InChI is InChI=1S/C16H12ClF4NO4/c1-8(11-3-2-10(18)7-12(11)17)15(25,16(19,20)21)9-4-5-22-13(6-9)26-14(23)24/h2-8,25H,1H3,(H,23,24). The molecule has 0 fully saturated rings. The predicted octanol–water partition coefficient (Wildman–Crippen LogP) is 4.48. The second kappa shape index (κ2) is 7.08. The van der Waals surface area contributed by atoms with Gasteiger partial charge < -0.3 is 14.9 Å². The number of carboxylic acid groups (broad SMARTS) is 1. The minimum atomic E-state index is -5.17. The van der Waals surface area contributed by atoms with E-state index < -0.39 is 41.1 Å². The van der Waals surface area contributed by atoms with Crippen LogP contribution in [0, 0.1) is 5.82 Å². The first-order valence-electron chi connectivity index (χ1n) is 7.08. The highest BCUT2D eigenvalue weighted by Gasteiger charge is 2.59. The lowest BCUT2D eigenvalue weighted by Crippen LogP contribution is -2.46. The average molecular weight is 394 g/mol. The van der Waals surface area contributed by atoms with Crippen LogP contribution >= 0.6 is 11.6 Å². The molecule has 1 aromatic heterocycles. The van der Waals surface area contributed by atoms with Gasteiger partial charge in [0.1, 0.15) is 5.82 Å². The van der Waals surface area contributed by atoms with Gasteiger partial charge in [-0.1, -0.05) is 24.6 Å². The lowest BCUT2D eigenvalue weighted by molar-refractivity contribution is -0.274. The first kappa shape index (κ1) is 19.9. The molecule has 2 rings (SSSR count). The quantitative estimate of drug-likeness (QED) is 0.591. The molecule has 0 saturated heterocycles. The Hall–Kier alpha value is -2.39. The number of carbonyl (C=O) groups is 1. The monoisotopic (exact) mass is 393 g/mol. The Bertz CT molecular complexity index is 830. The van der Waals surface area contributed by atoms with Gasteiger partial charge in [0.2, 0.25) is 5.88 Å². The third-order valence-corrected chi connectivity index (χ3v) is 4.18. The minimum absolute atomic E-state index is 0.148. The molecule has 0 radical (unpaired) electrons. The molecule has 0 aliphatic carbocycles. The normalized spacial score (nSPS) is 15.2. The fourth-order valence-electron chi connectivity index (χ4n) is 2.53. The van der Waals surface area contributed by atoms with Gasteiger partial charge in [-0.05, 0) is 23.8 Å². The molecule has 2 atom stereocenters. The maximum absolute atomic E-state index is 13.8. The number of nitrogens with zero attached hydrogens (tertiary/aromatic N) is 1. The van der Waals surface area contributed by atoms with Crippen LogP contribution in [0.5, 0.6) is 5.88 Å². The number of halogens is 5. The van der Waals surface area contributed by atoms with Crippen molar-refractivity contribution in [3.8, 4) is 5.88 Å². The van der Waals surface area contributed by atoms with Gasteiger partial charge in [-0.2, -0.15) is 13.2 Å². The fourth-order valence-corrected chi connectivity index (χ4v) is 2.86. The number of alkyl halides is 3. The van der Waals surface area contributed by atoms with Crippen molar-refractivity contribution in [2.75, 3.05) is 0 Å². The van der Waals surface area contributed by atoms with Crippen LogP contribution in [-0.4, -0.2) is 27.5 Å². The molecule has 2 aromatic rings. The van der Waals surface area contributed by atoms with Crippen LogP contribution in [0.3, 0.4) is 0 Å². The molecule has 10 heteroatoms. The van der Waals surface area contributed by atoms with Crippen molar-refractivity contribution >= 4 is 17.8 Å². The van der Waals surface area contributed by atoms with E-state index in [0.29, 0.717) is 6.07 Å². The smallest absolute Gasteiger partial charge is 0.449 e. The van der Waals surface area contributed by atoms with Gasteiger partial charge in [0, 0.05) is 28.8 Å². The van der Waals surface area contributed by atoms with E-state index in [-0.39, 0.29) is 10.6 Å². The molecule has 2 N–H and O–H groups in total. The van der Waals surface area contributed by atoms with Crippen molar-refractivity contribution in [1.29, 1.82) is 0 Å². The van der Waals surface area contributed by atoms with Crippen LogP contribution in [0.1, 0.15) is 24.0 Å². The highest BCUT2D eigenvalue weighted by molar-refractivity contribution is 6.31. The summed E-state index contributed by atoms with van der Waals surface area (Å²) in [5.41, 5.74) is -4.32. The lowest BCUT2D eigenvalue weighted by Gasteiger charge is -2.37. The molecule has 26 heavy (non-hydrogen) atoms. The SMILES string of the molecule is CC(c1ccc(F)cc1Cl)C(O)(c1ccnc(OC(=O)O)c1)C(F)(F)F. The summed E-state index contributed by atoms with van der Waals surface area (Å²) in [6.45, 7) is 1.06. The molecule has 0 aliphatic heterocycles. The van der Waals surface area contributed by atoms with Gasteiger partial charge in [-0.15, -0.1) is 0 Å². The van der Waals surface area contributed by atoms with Crippen molar-refractivity contribution in [2.24, 2.45) is 0 Å². The Kier molecular flexibility index (Phi) is 5.43. The summed E-state index contributed by atoms with van der Waals surface area (Å²) in [5, 5.41) is 18.9.